The molecule has 0 fully saturated rings. The van der Waals surface area contributed by atoms with Crippen molar-refractivity contribution in [3.8, 4) is 0 Å². The summed E-state index contributed by atoms with van der Waals surface area (Å²) in [7, 11) is 1.11. The minimum atomic E-state index is -4.81. The number of amides is 1. The molecule has 0 aliphatic rings. The zero-order chi connectivity index (χ0) is 22.9. The number of carbonyl (C=O) groups excluding carboxylic acids is 1. The van der Waals surface area contributed by atoms with E-state index in [1.165, 1.54) is 0 Å². The van der Waals surface area contributed by atoms with E-state index in [0.717, 1.165) is 48.3 Å². The van der Waals surface area contributed by atoms with Crippen LogP contribution in [0.25, 0.3) is 0 Å². The first-order chi connectivity index (χ1) is 14.5. The Kier molecular flexibility index (Phi) is 5.92. The van der Waals surface area contributed by atoms with Crippen LogP contribution in [0.4, 0.5) is 47.8 Å². The average molecular weight is 442 g/mol. The van der Waals surface area contributed by atoms with Gasteiger partial charge in [0.1, 0.15) is 28.8 Å². The van der Waals surface area contributed by atoms with Crippen LogP contribution in [0.5, 0.6) is 0 Å². The number of alkyl halides is 3. The summed E-state index contributed by atoms with van der Waals surface area (Å²) in [6.45, 7) is 0. The summed E-state index contributed by atoms with van der Waals surface area (Å²) in [5, 5.41) is 2.11. The first-order valence-electron chi connectivity index (χ1n) is 8.64. The van der Waals surface area contributed by atoms with Crippen LogP contribution in [0.2, 0.25) is 0 Å². The summed E-state index contributed by atoms with van der Waals surface area (Å²) >= 11 is 0. The van der Waals surface area contributed by atoms with Crippen molar-refractivity contribution < 1.29 is 35.5 Å². The summed E-state index contributed by atoms with van der Waals surface area (Å²) in [4.78, 5) is 12.9. The number of halogens is 7. The Bertz CT molecular complexity index is 1120. The first kappa shape index (κ1) is 22.1. The lowest BCUT2D eigenvalue weighted by Crippen LogP contribution is -2.19. The molecule has 0 heterocycles. The van der Waals surface area contributed by atoms with Crippen LogP contribution < -0.4 is 10.2 Å². The molecule has 10 heteroatoms. The van der Waals surface area contributed by atoms with Gasteiger partial charge in [-0.3, -0.25) is 4.79 Å². The number of nitrogens with one attached hydrogen (secondary N) is 1. The molecule has 0 aliphatic heterocycles. The summed E-state index contributed by atoms with van der Waals surface area (Å²) in [6, 6.07) is 7.50. The Morgan fingerprint density at radius 1 is 0.839 bits per heavy atom. The maximum atomic E-state index is 14.6. The van der Waals surface area contributed by atoms with Gasteiger partial charge >= 0.3 is 6.18 Å². The molecule has 0 radical (unpaired) electrons. The molecule has 0 saturated heterocycles. The monoisotopic (exact) mass is 442 g/mol. The lowest BCUT2D eigenvalue weighted by Gasteiger charge is -2.24. The number of anilines is 3. The molecule has 0 bridgehead atoms. The third kappa shape index (κ3) is 4.62. The van der Waals surface area contributed by atoms with E-state index < -0.39 is 52.2 Å². The van der Waals surface area contributed by atoms with E-state index in [1.807, 2.05) is 0 Å². The molecule has 0 spiro atoms. The fourth-order valence-corrected chi connectivity index (χ4v) is 2.92. The number of benzene rings is 3. The highest BCUT2D eigenvalue weighted by Crippen LogP contribution is 2.39. The van der Waals surface area contributed by atoms with Crippen LogP contribution in [0, 0.1) is 23.3 Å². The van der Waals surface area contributed by atoms with Crippen LogP contribution in [-0.4, -0.2) is 13.0 Å². The van der Waals surface area contributed by atoms with Crippen LogP contribution >= 0.6 is 0 Å². The molecule has 3 rings (SSSR count). The molecule has 1 amide bonds. The quantitative estimate of drug-likeness (QED) is 0.483. The molecule has 0 aromatic heterocycles. The fourth-order valence-electron chi connectivity index (χ4n) is 2.92. The first-order valence-corrected chi connectivity index (χ1v) is 8.64. The average Bonchev–Trinajstić information content (AvgIpc) is 2.66. The van der Waals surface area contributed by atoms with Gasteiger partial charge in [0.2, 0.25) is 0 Å². The van der Waals surface area contributed by atoms with Gasteiger partial charge in [0.15, 0.2) is 0 Å². The largest absolute Gasteiger partial charge is 0.418 e. The maximum absolute atomic E-state index is 14.6. The second kappa shape index (κ2) is 8.29. The highest BCUT2D eigenvalue weighted by atomic mass is 19.4. The van der Waals surface area contributed by atoms with E-state index in [1.54, 1.807) is 0 Å². The van der Waals surface area contributed by atoms with Crippen molar-refractivity contribution in [3.05, 3.63) is 89.0 Å². The zero-order valence-electron chi connectivity index (χ0n) is 15.7. The van der Waals surface area contributed by atoms with E-state index in [0.29, 0.717) is 18.2 Å². The summed E-state index contributed by atoms with van der Waals surface area (Å²) < 4.78 is 95.3. The smallest absolute Gasteiger partial charge is 0.342 e. The van der Waals surface area contributed by atoms with E-state index in [-0.39, 0.29) is 11.4 Å². The normalized spacial score (nSPS) is 11.4. The van der Waals surface area contributed by atoms with Crippen LogP contribution in [0.1, 0.15) is 15.9 Å². The zero-order valence-corrected chi connectivity index (χ0v) is 15.7. The SMILES string of the molecule is CN(c1ccc(NC(=O)c2c(F)cccc2F)cc1F)c1cc(F)ccc1C(F)(F)F. The molecule has 3 aromatic rings. The third-order valence-electron chi connectivity index (χ3n) is 4.38. The molecule has 0 unspecified atom stereocenters. The predicted molar refractivity (Wildman–Crippen MR) is 100 cm³/mol. The van der Waals surface area contributed by atoms with Crippen molar-refractivity contribution in [2.24, 2.45) is 0 Å². The van der Waals surface area contributed by atoms with Gasteiger partial charge in [-0.05, 0) is 48.5 Å². The molecule has 0 saturated carbocycles. The van der Waals surface area contributed by atoms with Crippen LogP contribution in [0.15, 0.2) is 54.6 Å². The molecule has 0 aliphatic carbocycles. The van der Waals surface area contributed by atoms with E-state index in [4.69, 9.17) is 0 Å². The Balaban J connectivity index is 1.91. The van der Waals surface area contributed by atoms with Gasteiger partial charge in [-0.1, -0.05) is 6.07 Å². The topological polar surface area (TPSA) is 32.3 Å². The second-order valence-electron chi connectivity index (χ2n) is 6.44. The molecule has 162 valence electrons. The van der Waals surface area contributed by atoms with E-state index >= 15 is 0 Å². The Hall–Kier alpha value is -3.56. The molecule has 3 aromatic carbocycles. The van der Waals surface area contributed by atoms with Crippen molar-refractivity contribution >= 4 is 23.0 Å². The lowest BCUT2D eigenvalue weighted by atomic mass is 10.1. The fraction of sp³-hybridized carbons (Fsp3) is 0.0952. The third-order valence-corrected chi connectivity index (χ3v) is 4.38. The van der Waals surface area contributed by atoms with Crippen molar-refractivity contribution in [3.63, 3.8) is 0 Å². The predicted octanol–water partition coefficient (Wildman–Crippen LogP) is 6.28. The van der Waals surface area contributed by atoms with Gasteiger partial charge in [-0.25, -0.2) is 17.6 Å². The van der Waals surface area contributed by atoms with Gasteiger partial charge in [0.25, 0.3) is 5.91 Å². The van der Waals surface area contributed by atoms with Gasteiger partial charge in [0.05, 0.1) is 16.9 Å². The van der Waals surface area contributed by atoms with Gasteiger partial charge in [-0.15, -0.1) is 0 Å². The molecular formula is C21H13F7N2O. The van der Waals surface area contributed by atoms with Gasteiger partial charge in [0, 0.05) is 12.7 Å². The van der Waals surface area contributed by atoms with Crippen molar-refractivity contribution in [1.29, 1.82) is 0 Å². The number of carbonyl (C=O) groups is 1. The highest BCUT2D eigenvalue weighted by Gasteiger charge is 2.35. The minimum absolute atomic E-state index is 0.197. The van der Waals surface area contributed by atoms with Crippen molar-refractivity contribution in [2.45, 2.75) is 6.18 Å². The summed E-state index contributed by atoms with van der Waals surface area (Å²) in [5.74, 6) is -5.45. The molecule has 1 N–H and O–H groups in total. The van der Waals surface area contributed by atoms with Crippen LogP contribution in [0.3, 0.4) is 0 Å². The Morgan fingerprint density at radius 2 is 1.48 bits per heavy atom. The molecular weight excluding hydrogens is 429 g/mol. The number of hydrogen-bond donors (Lipinski definition) is 1. The van der Waals surface area contributed by atoms with Crippen LogP contribution in [-0.2, 0) is 6.18 Å². The molecule has 31 heavy (non-hydrogen) atoms. The van der Waals surface area contributed by atoms with E-state index in [2.05, 4.69) is 5.32 Å². The summed E-state index contributed by atoms with van der Waals surface area (Å²) in [6.07, 6.45) is -4.81. The summed E-state index contributed by atoms with van der Waals surface area (Å²) in [5.41, 5.74) is -3.23. The molecule has 0 atom stereocenters. The highest BCUT2D eigenvalue weighted by molar-refractivity contribution is 6.04. The van der Waals surface area contributed by atoms with Gasteiger partial charge < -0.3 is 10.2 Å². The Morgan fingerprint density at radius 3 is 2.06 bits per heavy atom. The lowest BCUT2D eigenvalue weighted by molar-refractivity contribution is -0.137. The minimum Gasteiger partial charge on any atom is -0.342 e. The standard InChI is InChI=1S/C21H13F7N2O/c1-30(18-9-11(22)5-7-13(18)21(26,27)28)17-8-6-12(10-16(17)25)29-20(31)19-14(23)3-2-4-15(19)24/h2-10H,1H3,(H,29,31). The second-order valence-corrected chi connectivity index (χ2v) is 6.44. The molecule has 3 nitrogen and oxygen atoms in total. The van der Waals surface area contributed by atoms with Crippen molar-refractivity contribution in [1.82, 2.24) is 0 Å². The van der Waals surface area contributed by atoms with Crippen molar-refractivity contribution in [2.75, 3.05) is 17.3 Å². The number of nitrogens with zero attached hydrogens (tertiary/aromatic N) is 1. The number of rotatable bonds is 4. The Labute approximate surface area is 171 Å². The van der Waals surface area contributed by atoms with Gasteiger partial charge in [-0.2, -0.15) is 13.2 Å². The maximum Gasteiger partial charge on any atom is 0.418 e. The number of hydrogen-bond acceptors (Lipinski definition) is 2. The van der Waals surface area contributed by atoms with E-state index in [9.17, 15) is 35.5 Å².